The molecule has 0 fully saturated rings. The maximum atomic E-state index is 15.2. The van der Waals surface area contributed by atoms with Gasteiger partial charge in [-0.1, -0.05) is 48.0 Å². The number of anilines is 1. The quantitative estimate of drug-likeness (QED) is 0.256. The van der Waals surface area contributed by atoms with Crippen LogP contribution in [0.15, 0.2) is 71.8 Å². The summed E-state index contributed by atoms with van der Waals surface area (Å²) in [6.07, 6.45) is 2.12. The first-order chi connectivity index (χ1) is 18.7. The molecule has 0 radical (unpaired) electrons. The van der Waals surface area contributed by atoms with E-state index in [0.29, 0.717) is 35.4 Å². The highest BCUT2D eigenvalue weighted by molar-refractivity contribution is 7.92. The fourth-order valence-electron chi connectivity index (χ4n) is 4.89. The fourth-order valence-corrected chi connectivity index (χ4v) is 6.32. The summed E-state index contributed by atoms with van der Waals surface area (Å²) in [5.74, 6) is -0.684. The third kappa shape index (κ3) is 4.55. The van der Waals surface area contributed by atoms with Gasteiger partial charge in [-0.15, -0.1) is 0 Å². The topological polar surface area (TPSA) is 111 Å². The molecule has 0 atom stereocenters. The first-order valence-corrected chi connectivity index (χ1v) is 14.1. The number of H-pyrrole nitrogens is 2. The summed E-state index contributed by atoms with van der Waals surface area (Å²) in [5.41, 5.74) is 4.32. The van der Waals surface area contributed by atoms with Gasteiger partial charge in [0.1, 0.15) is 16.5 Å². The second-order valence-corrected chi connectivity index (χ2v) is 11.5. The molecule has 3 N–H and O–H groups in total. The zero-order valence-electron chi connectivity index (χ0n) is 20.8. The van der Waals surface area contributed by atoms with Crippen LogP contribution in [0.3, 0.4) is 0 Å². The highest BCUT2D eigenvalue weighted by Crippen LogP contribution is 2.33. The molecule has 2 aromatic heterocycles. The van der Waals surface area contributed by atoms with Crippen LogP contribution in [0.4, 0.5) is 10.1 Å². The van der Waals surface area contributed by atoms with Crippen molar-refractivity contribution in [3.63, 3.8) is 0 Å². The van der Waals surface area contributed by atoms with Gasteiger partial charge in [0, 0.05) is 35.7 Å². The van der Waals surface area contributed by atoms with E-state index in [9.17, 15) is 13.2 Å². The number of carbonyl (C=O) groups is 1. The molecule has 1 aliphatic heterocycles. The number of hydrogen-bond donors (Lipinski definition) is 3. The summed E-state index contributed by atoms with van der Waals surface area (Å²) < 4.78 is 43.8. The molecule has 6 rings (SSSR count). The van der Waals surface area contributed by atoms with Gasteiger partial charge in [0.15, 0.2) is 0 Å². The number of sulfonamides is 1. The molecule has 11 heteroatoms. The smallest absolute Gasteiger partial charge is 0.264 e. The van der Waals surface area contributed by atoms with Gasteiger partial charge in [-0.25, -0.2) is 17.8 Å². The van der Waals surface area contributed by atoms with Crippen LogP contribution in [-0.2, 0) is 23.0 Å². The number of nitrogens with zero attached hydrogens (tertiary/aromatic N) is 2. The van der Waals surface area contributed by atoms with Crippen LogP contribution in [0, 0.1) is 12.7 Å². The lowest BCUT2D eigenvalue weighted by atomic mass is 10.1. The summed E-state index contributed by atoms with van der Waals surface area (Å²) in [6.45, 7) is 2.56. The minimum absolute atomic E-state index is 0.0616. The van der Waals surface area contributed by atoms with Gasteiger partial charge in [0.05, 0.1) is 34.2 Å². The lowest BCUT2D eigenvalue weighted by molar-refractivity contribution is 0.0731. The van der Waals surface area contributed by atoms with E-state index < -0.39 is 26.6 Å². The lowest BCUT2D eigenvalue weighted by Gasteiger charge is -2.26. The summed E-state index contributed by atoms with van der Waals surface area (Å²) >= 11 is 6.22. The normalized spacial score (nSPS) is 13.5. The molecule has 0 saturated carbocycles. The van der Waals surface area contributed by atoms with Gasteiger partial charge < -0.3 is 14.9 Å². The molecule has 8 nitrogen and oxygen atoms in total. The number of aromatic nitrogens is 3. The number of aromatic amines is 2. The van der Waals surface area contributed by atoms with E-state index in [1.54, 1.807) is 23.2 Å². The van der Waals surface area contributed by atoms with Crippen LogP contribution < -0.4 is 4.72 Å². The molecule has 3 heterocycles. The van der Waals surface area contributed by atoms with Crippen molar-refractivity contribution < 1.29 is 17.6 Å². The Bertz CT molecular complexity index is 1850. The van der Waals surface area contributed by atoms with Crippen molar-refractivity contribution in [3.05, 3.63) is 100 Å². The SMILES string of the molecule is Cc1ccc(NS(=O)(=O)c2ccc(C(=O)N3CCc4nc(-c5ccccc5)[nH]c4C3)cc2F)c2[nH]cc(Cl)c12. The number of rotatable bonds is 5. The summed E-state index contributed by atoms with van der Waals surface area (Å²) in [7, 11) is -4.30. The molecule has 39 heavy (non-hydrogen) atoms. The van der Waals surface area contributed by atoms with Crippen molar-refractivity contribution in [1.82, 2.24) is 19.9 Å². The van der Waals surface area contributed by atoms with Crippen molar-refractivity contribution >= 4 is 44.1 Å². The van der Waals surface area contributed by atoms with E-state index in [1.165, 1.54) is 6.07 Å². The molecule has 0 spiro atoms. The summed E-state index contributed by atoms with van der Waals surface area (Å²) in [6, 6.07) is 16.4. The maximum Gasteiger partial charge on any atom is 0.264 e. The number of amides is 1. The average molecular weight is 564 g/mol. The number of carbonyl (C=O) groups excluding carboxylic acids is 1. The van der Waals surface area contributed by atoms with Crippen LogP contribution in [-0.4, -0.2) is 40.7 Å². The van der Waals surface area contributed by atoms with Crippen molar-refractivity contribution in [2.75, 3.05) is 11.3 Å². The molecule has 0 saturated heterocycles. The molecular formula is C28H23ClFN5O3S. The zero-order valence-corrected chi connectivity index (χ0v) is 22.3. The zero-order chi connectivity index (χ0) is 27.3. The van der Waals surface area contributed by atoms with Gasteiger partial charge in [0.25, 0.3) is 15.9 Å². The predicted molar refractivity (Wildman–Crippen MR) is 148 cm³/mol. The first-order valence-electron chi connectivity index (χ1n) is 12.2. The molecule has 1 aliphatic rings. The fraction of sp³-hybridized carbons (Fsp3) is 0.143. The summed E-state index contributed by atoms with van der Waals surface area (Å²) in [4.78, 5) is 25.2. The largest absolute Gasteiger partial charge is 0.358 e. The van der Waals surface area contributed by atoms with Crippen LogP contribution in [0.5, 0.6) is 0 Å². The van der Waals surface area contributed by atoms with E-state index in [-0.39, 0.29) is 11.3 Å². The predicted octanol–water partition coefficient (Wildman–Crippen LogP) is 5.66. The monoisotopic (exact) mass is 563 g/mol. The van der Waals surface area contributed by atoms with Crippen molar-refractivity contribution in [3.8, 4) is 11.4 Å². The molecule has 198 valence electrons. The van der Waals surface area contributed by atoms with E-state index in [0.717, 1.165) is 40.5 Å². The van der Waals surface area contributed by atoms with Crippen LogP contribution >= 0.6 is 11.6 Å². The Morgan fingerprint density at radius 3 is 2.69 bits per heavy atom. The third-order valence-electron chi connectivity index (χ3n) is 6.87. The number of benzene rings is 3. The van der Waals surface area contributed by atoms with Crippen LogP contribution in [0.2, 0.25) is 5.02 Å². The number of fused-ring (bicyclic) bond motifs is 2. The Balaban J connectivity index is 1.22. The summed E-state index contributed by atoms with van der Waals surface area (Å²) in [5, 5.41) is 1.13. The van der Waals surface area contributed by atoms with Crippen molar-refractivity contribution in [2.24, 2.45) is 0 Å². The minimum Gasteiger partial charge on any atom is -0.358 e. The molecule has 0 aliphatic carbocycles. The van der Waals surface area contributed by atoms with Crippen LogP contribution in [0.1, 0.15) is 27.3 Å². The van der Waals surface area contributed by atoms with Gasteiger partial charge in [-0.3, -0.25) is 9.52 Å². The van der Waals surface area contributed by atoms with E-state index in [1.807, 2.05) is 37.3 Å². The third-order valence-corrected chi connectivity index (χ3v) is 8.57. The van der Waals surface area contributed by atoms with E-state index in [2.05, 4.69) is 19.7 Å². The number of nitrogens with one attached hydrogen (secondary N) is 3. The number of hydrogen-bond acceptors (Lipinski definition) is 4. The average Bonchev–Trinajstić information content (AvgIpc) is 3.54. The second-order valence-electron chi connectivity index (χ2n) is 9.42. The minimum atomic E-state index is -4.30. The number of aryl methyl sites for hydroxylation is 1. The highest BCUT2D eigenvalue weighted by atomic mass is 35.5. The van der Waals surface area contributed by atoms with Crippen molar-refractivity contribution in [2.45, 2.75) is 24.8 Å². The Hall–Kier alpha value is -4.15. The molecule has 5 aromatic rings. The van der Waals surface area contributed by atoms with Gasteiger partial charge >= 0.3 is 0 Å². The Labute approximate surface area is 228 Å². The number of imidazole rings is 1. The van der Waals surface area contributed by atoms with Gasteiger partial charge in [-0.2, -0.15) is 0 Å². The standard InChI is InChI=1S/C28H23ClFN5O3S/c1-16-7-9-22(26-25(16)19(29)14-31-26)34-39(37,38)24-10-8-18(13-20(24)30)28(36)35-12-11-21-23(15-35)33-27(32-21)17-5-3-2-4-6-17/h2-10,13-14,31,34H,11-12,15H2,1H3,(H,32,33). The molecule has 3 aromatic carbocycles. The number of halogens is 2. The second kappa shape index (κ2) is 9.55. The first kappa shape index (κ1) is 25.1. The lowest BCUT2D eigenvalue weighted by Crippen LogP contribution is -2.36. The van der Waals surface area contributed by atoms with Crippen LogP contribution in [0.25, 0.3) is 22.3 Å². The Morgan fingerprint density at radius 1 is 1.13 bits per heavy atom. The van der Waals surface area contributed by atoms with Gasteiger partial charge in [-0.05, 0) is 36.8 Å². The van der Waals surface area contributed by atoms with Crippen molar-refractivity contribution in [1.29, 1.82) is 0 Å². The molecule has 1 amide bonds. The maximum absolute atomic E-state index is 15.2. The van der Waals surface area contributed by atoms with E-state index in [4.69, 9.17) is 11.6 Å². The molecular weight excluding hydrogens is 541 g/mol. The van der Waals surface area contributed by atoms with Gasteiger partial charge in [0.2, 0.25) is 0 Å². The molecule has 0 bridgehead atoms. The Kier molecular flexibility index (Phi) is 6.16. The van der Waals surface area contributed by atoms with E-state index >= 15 is 4.39 Å². The highest BCUT2D eigenvalue weighted by Gasteiger charge is 2.27. The Morgan fingerprint density at radius 2 is 1.92 bits per heavy atom. The molecule has 0 unspecified atom stereocenters.